The first-order chi connectivity index (χ1) is 14.3. The van der Waals surface area contributed by atoms with Crippen LogP contribution in [0.4, 0.5) is 13.2 Å². The van der Waals surface area contributed by atoms with Crippen molar-refractivity contribution in [3.05, 3.63) is 0 Å². The van der Waals surface area contributed by atoms with Crippen LogP contribution < -0.4 is 0 Å². The molecular formula is C20H31F3N2O5. The largest absolute Gasteiger partial charge is 0.490 e. The fraction of sp³-hybridized carbons (Fsp3) is 0.900. The summed E-state index contributed by atoms with van der Waals surface area (Å²) in [6.45, 7) is 7.80. The lowest BCUT2D eigenvalue weighted by atomic mass is 9.82. The minimum absolute atomic E-state index is 0.0698. The van der Waals surface area contributed by atoms with Crippen LogP contribution in [0.5, 0.6) is 0 Å². The summed E-state index contributed by atoms with van der Waals surface area (Å²) in [5.41, 5.74) is 0. The summed E-state index contributed by atoms with van der Waals surface area (Å²) in [6.07, 6.45) is 0.538. The average Bonchev–Trinajstić information content (AvgIpc) is 3.37. The molecule has 4 fully saturated rings. The predicted octanol–water partition coefficient (Wildman–Crippen LogP) is 1.86. The number of hydrogen-bond acceptors (Lipinski definition) is 5. The van der Waals surface area contributed by atoms with E-state index in [1.807, 2.05) is 4.90 Å². The van der Waals surface area contributed by atoms with Crippen LogP contribution in [-0.4, -0.2) is 92.1 Å². The van der Waals surface area contributed by atoms with Crippen molar-refractivity contribution in [3.63, 3.8) is 0 Å². The SMILES string of the molecule is O=C(O)C(F)(F)F.O=C([C@H]1COC[C@H]2CN(CC3CCCC3)C[C@H]21)N1CCOCC1. The summed E-state index contributed by atoms with van der Waals surface area (Å²) in [6, 6.07) is 0. The van der Waals surface area contributed by atoms with Crippen molar-refractivity contribution in [2.75, 3.05) is 59.2 Å². The standard InChI is InChI=1S/C18H30N2O3.C2HF3O2/c21-18(20-5-7-22-8-6-20)17-13-23-12-15-10-19(11-16(15)17)9-14-3-1-2-4-14;3-2(4,5)1(6)7/h14-17H,1-13H2;(H,6,7)/t15-,16-,17+;/m1./s1. The normalized spacial score (nSPS) is 30.5. The highest BCUT2D eigenvalue weighted by Crippen LogP contribution is 2.37. The van der Waals surface area contributed by atoms with Crippen LogP contribution in [0.3, 0.4) is 0 Å². The molecule has 3 aliphatic heterocycles. The highest BCUT2D eigenvalue weighted by atomic mass is 19.4. The lowest BCUT2D eigenvalue weighted by molar-refractivity contribution is -0.192. The summed E-state index contributed by atoms with van der Waals surface area (Å²) in [5.74, 6) is -0.427. The number of carbonyl (C=O) groups is 2. The van der Waals surface area contributed by atoms with Crippen LogP contribution in [-0.2, 0) is 19.1 Å². The second-order valence-electron chi connectivity index (χ2n) is 8.68. The molecule has 0 aromatic rings. The molecule has 3 heterocycles. The van der Waals surface area contributed by atoms with Crippen molar-refractivity contribution in [2.24, 2.45) is 23.7 Å². The Morgan fingerprint density at radius 2 is 1.63 bits per heavy atom. The Balaban J connectivity index is 0.000000318. The third kappa shape index (κ3) is 6.07. The molecule has 0 aromatic carbocycles. The van der Waals surface area contributed by atoms with Crippen molar-refractivity contribution >= 4 is 11.9 Å². The van der Waals surface area contributed by atoms with Gasteiger partial charge in [0.2, 0.25) is 5.91 Å². The van der Waals surface area contributed by atoms with E-state index in [1.54, 1.807) is 0 Å². The number of nitrogens with zero attached hydrogens (tertiary/aromatic N) is 2. The molecule has 10 heteroatoms. The Morgan fingerprint density at radius 1 is 1.00 bits per heavy atom. The first-order valence-corrected chi connectivity index (χ1v) is 10.7. The van der Waals surface area contributed by atoms with Gasteiger partial charge >= 0.3 is 12.1 Å². The van der Waals surface area contributed by atoms with Crippen molar-refractivity contribution < 1.29 is 37.3 Å². The maximum Gasteiger partial charge on any atom is 0.490 e. The minimum atomic E-state index is -5.08. The maximum atomic E-state index is 12.9. The number of aliphatic carboxylic acids is 1. The highest BCUT2D eigenvalue weighted by molar-refractivity contribution is 5.79. The zero-order valence-corrected chi connectivity index (χ0v) is 17.1. The molecule has 30 heavy (non-hydrogen) atoms. The molecule has 1 amide bonds. The first kappa shape index (κ1) is 23.3. The van der Waals surface area contributed by atoms with Crippen LogP contribution in [0.25, 0.3) is 0 Å². The topological polar surface area (TPSA) is 79.3 Å². The molecule has 3 atom stereocenters. The highest BCUT2D eigenvalue weighted by Gasteiger charge is 2.45. The van der Waals surface area contributed by atoms with Gasteiger partial charge in [0.25, 0.3) is 0 Å². The van der Waals surface area contributed by atoms with Crippen molar-refractivity contribution in [2.45, 2.75) is 31.9 Å². The number of ether oxygens (including phenoxy) is 2. The van der Waals surface area contributed by atoms with Crippen LogP contribution in [0, 0.1) is 23.7 Å². The number of amides is 1. The average molecular weight is 436 g/mol. The zero-order chi connectivity index (χ0) is 21.7. The van der Waals surface area contributed by atoms with Gasteiger partial charge in [0.1, 0.15) is 0 Å². The smallest absolute Gasteiger partial charge is 0.475 e. The number of carbonyl (C=O) groups excluding carboxylic acids is 1. The molecule has 3 saturated heterocycles. The molecule has 1 aliphatic carbocycles. The molecule has 0 bridgehead atoms. The second-order valence-corrected chi connectivity index (χ2v) is 8.68. The molecule has 0 unspecified atom stereocenters. The van der Waals surface area contributed by atoms with E-state index < -0.39 is 12.1 Å². The van der Waals surface area contributed by atoms with Gasteiger partial charge in [-0.05, 0) is 30.6 Å². The van der Waals surface area contributed by atoms with Crippen LogP contribution in [0.2, 0.25) is 0 Å². The Hall–Kier alpha value is -1.39. The zero-order valence-electron chi connectivity index (χ0n) is 17.1. The second kappa shape index (κ2) is 10.3. The van der Waals surface area contributed by atoms with Crippen molar-refractivity contribution in [3.8, 4) is 0 Å². The number of fused-ring (bicyclic) bond motifs is 1. The van der Waals surface area contributed by atoms with E-state index in [2.05, 4.69) is 4.90 Å². The van der Waals surface area contributed by atoms with Gasteiger partial charge in [-0.2, -0.15) is 13.2 Å². The summed E-state index contributed by atoms with van der Waals surface area (Å²) in [4.78, 5) is 26.4. The molecule has 172 valence electrons. The predicted molar refractivity (Wildman–Crippen MR) is 101 cm³/mol. The molecule has 1 saturated carbocycles. The lowest BCUT2D eigenvalue weighted by Gasteiger charge is -2.37. The van der Waals surface area contributed by atoms with Gasteiger partial charge in [0, 0.05) is 32.7 Å². The van der Waals surface area contributed by atoms with E-state index in [-0.39, 0.29) is 5.92 Å². The third-order valence-electron chi connectivity index (χ3n) is 6.59. The van der Waals surface area contributed by atoms with E-state index in [1.165, 1.54) is 32.2 Å². The van der Waals surface area contributed by atoms with Crippen LogP contribution in [0.1, 0.15) is 25.7 Å². The van der Waals surface area contributed by atoms with E-state index in [4.69, 9.17) is 19.4 Å². The molecule has 0 radical (unpaired) electrons. The Labute approximate surface area is 174 Å². The summed E-state index contributed by atoms with van der Waals surface area (Å²) in [5, 5.41) is 7.12. The van der Waals surface area contributed by atoms with Gasteiger partial charge in [-0.15, -0.1) is 0 Å². The van der Waals surface area contributed by atoms with Crippen LogP contribution >= 0.6 is 0 Å². The van der Waals surface area contributed by atoms with Gasteiger partial charge in [-0.25, -0.2) is 4.79 Å². The van der Waals surface area contributed by atoms with Gasteiger partial charge in [0.15, 0.2) is 0 Å². The molecule has 4 rings (SSSR count). The van der Waals surface area contributed by atoms with Gasteiger partial charge < -0.3 is 24.4 Å². The number of hydrogen-bond donors (Lipinski definition) is 1. The Morgan fingerprint density at radius 3 is 2.23 bits per heavy atom. The first-order valence-electron chi connectivity index (χ1n) is 10.7. The number of halogens is 3. The number of carboxylic acid groups (broad SMARTS) is 1. The summed E-state index contributed by atoms with van der Waals surface area (Å²) < 4.78 is 42.9. The minimum Gasteiger partial charge on any atom is -0.475 e. The monoisotopic (exact) mass is 436 g/mol. The molecule has 7 nitrogen and oxygen atoms in total. The molecule has 4 aliphatic rings. The number of alkyl halides is 3. The molecule has 0 aromatic heterocycles. The van der Waals surface area contributed by atoms with Crippen LogP contribution in [0.15, 0.2) is 0 Å². The quantitative estimate of drug-likeness (QED) is 0.728. The fourth-order valence-corrected chi connectivity index (χ4v) is 5.07. The molecule has 1 N–H and O–H groups in total. The summed E-state index contributed by atoms with van der Waals surface area (Å²) in [7, 11) is 0. The van der Waals surface area contributed by atoms with E-state index in [0.717, 1.165) is 38.7 Å². The lowest BCUT2D eigenvalue weighted by Crippen LogP contribution is -2.49. The van der Waals surface area contributed by atoms with E-state index in [9.17, 15) is 18.0 Å². The third-order valence-corrected chi connectivity index (χ3v) is 6.59. The van der Waals surface area contributed by atoms with Gasteiger partial charge in [-0.3, -0.25) is 4.79 Å². The molecular weight excluding hydrogens is 405 g/mol. The Bertz CT molecular complexity index is 591. The number of rotatable bonds is 3. The molecule has 0 spiro atoms. The van der Waals surface area contributed by atoms with Crippen molar-refractivity contribution in [1.29, 1.82) is 0 Å². The number of morpholine rings is 1. The van der Waals surface area contributed by atoms with Crippen molar-refractivity contribution in [1.82, 2.24) is 9.80 Å². The number of carboxylic acids is 1. The maximum absolute atomic E-state index is 12.9. The summed E-state index contributed by atoms with van der Waals surface area (Å²) >= 11 is 0. The van der Waals surface area contributed by atoms with E-state index >= 15 is 0 Å². The fourth-order valence-electron chi connectivity index (χ4n) is 5.07. The van der Waals surface area contributed by atoms with Gasteiger partial charge in [-0.1, -0.05) is 12.8 Å². The van der Waals surface area contributed by atoms with E-state index in [0.29, 0.717) is 37.6 Å². The van der Waals surface area contributed by atoms with Gasteiger partial charge in [0.05, 0.1) is 32.3 Å². The Kier molecular flexibility index (Phi) is 7.98. The number of likely N-dealkylation sites (tertiary alicyclic amines) is 1.